The summed E-state index contributed by atoms with van der Waals surface area (Å²) in [5.41, 5.74) is 5.01. The second-order valence-electron chi connectivity index (χ2n) is 8.09. The monoisotopic (exact) mass is 459 g/mol. The van der Waals surface area contributed by atoms with E-state index in [2.05, 4.69) is 24.3 Å². The molecule has 0 N–H and O–H groups in total. The maximum Gasteiger partial charge on any atom is 0.338 e. The van der Waals surface area contributed by atoms with Crippen molar-refractivity contribution >= 4 is 23.2 Å². The van der Waals surface area contributed by atoms with Crippen molar-refractivity contribution in [2.75, 3.05) is 6.61 Å². The van der Waals surface area contributed by atoms with E-state index in [1.807, 2.05) is 84.9 Å². The van der Waals surface area contributed by atoms with E-state index in [4.69, 9.17) is 14.5 Å². The fourth-order valence-corrected chi connectivity index (χ4v) is 4.25. The first kappa shape index (κ1) is 22.4. The highest BCUT2D eigenvalue weighted by Crippen LogP contribution is 2.43. The van der Waals surface area contributed by atoms with Gasteiger partial charge in [0.2, 0.25) is 5.90 Å². The van der Waals surface area contributed by atoms with Crippen LogP contribution in [0.3, 0.4) is 0 Å². The summed E-state index contributed by atoms with van der Waals surface area (Å²) >= 11 is 0. The van der Waals surface area contributed by atoms with Crippen LogP contribution in [0.25, 0.3) is 11.3 Å². The highest BCUT2D eigenvalue weighted by Gasteiger charge is 2.31. The van der Waals surface area contributed by atoms with Crippen LogP contribution in [0.15, 0.2) is 120 Å². The molecule has 4 heteroatoms. The number of aliphatic imine (C=N–C) groups is 1. The van der Waals surface area contributed by atoms with Gasteiger partial charge in [-0.3, -0.25) is 0 Å². The molecule has 1 aliphatic heterocycles. The number of hydrogen-bond acceptors (Lipinski definition) is 4. The molecular formula is C31H25NO3. The molecule has 35 heavy (non-hydrogen) atoms. The molecule has 4 aromatic carbocycles. The van der Waals surface area contributed by atoms with E-state index < -0.39 is 5.97 Å². The lowest BCUT2D eigenvalue weighted by Gasteiger charge is -2.28. The molecule has 1 atom stereocenters. The van der Waals surface area contributed by atoms with E-state index in [1.165, 1.54) is 0 Å². The Kier molecular flexibility index (Phi) is 6.53. The van der Waals surface area contributed by atoms with Crippen LogP contribution >= 0.6 is 0 Å². The van der Waals surface area contributed by atoms with Gasteiger partial charge in [-0.1, -0.05) is 103 Å². The minimum absolute atomic E-state index is 0.292. The molecule has 0 bridgehead atoms. The number of ether oxygens (including phenoxy) is 2. The van der Waals surface area contributed by atoms with Crippen LogP contribution in [0.5, 0.6) is 0 Å². The van der Waals surface area contributed by atoms with Gasteiger partial charge in [0.25, 0.3) is 0 Å². The Morgan fingerprint density at radius 3 is 2.00 bits per heavy atom. The highest BCUT2D eigenvalue weighted by molar-refractivity contribution is 6.10. The zero-order valence-corrected chi connectivity index (χ0v) is 19.4. The van der Waals surface area contributed by atoms with Crippen molar-refractivity contribution < 1.29 is 14.3 Å². The summed E-state index contributed by atoms with van der Waals surface area (Å²) in [6, 6.07) is 37.3. The van der Waals surface area contributed by atoms with E-state index >= 15 is 0 Å². The SMILES string of the molecule is CCOC(=O)c1ccccc1C1=N[C@H](c2ccccc2)C(c2ccccc2)=C(c2ccccc2)O1. The van der Waals surface area contributed by atoms with Gasteiger partial charge in [0, 0.05) is 11.1 Å². The maximum absolute atomic E-state index is 12.8. The standard InChI is InChI=1S/C31H25NO3/c1-2-34-31(33)26-21-13-12-20-25(26)30-32-28(23-16-8-4-9-17-23)27(22-14-6-3-7-15-22)29(35-30)24-18-10-5-11-19-24/h3-21,28H,2H2,1H3/t28-/m1/s1. The number of benzene rings is 4. The molecule has 5 rings (SSSR count). The predicted molar refractivity (Wildman–Crippen MR) is 139 cm³/mol. The summed E-state index contributed by atoms with van der Waals surface area (Å²) in [5.74, 6) is 0.708. The third-order valence-corrected chi connectivity index (χ3v) is 5.85. The van der Waals surface area contributed by atoms with Crippen LogP contribution in [-0.4, -0.2) is 18.5 Å². The van der Waals surface area contributed by atoms with Crippen LogP contribution in [0, 0.1) is 0 Å². The summed E-state index contributed by atoms with van der Waals surface area (Å²) in [4.78, 5) is 17.8. The van der Waals surface area contributed by atoms with Crippen molar-refractivity contribution in [1.82, 2.24) is 0 Å². The molecule has 0 amide bonds. The fraction of sp³-hybridized carbons (Fsp3) is 0.0968. The summed E-state index contributed by atoms with van der Waals surface area (Å²) < 4.78 is 11.9. The molecule has 0 aromatic heterocycles. The Bertz CT molecular complexity index is 1380. The average Bonchev–Trinajstić information content (AvgIpc) is 2.94. The van der Waals surface area contributed by atoms with Crippen LogP contribution < -0.4 is 0 Å². The van der Waals surface area contributed by atoms with E-state index in [0.717, 1.165) is 22.3 Å². The van der Waals surface area contributed by atoms with E-state index in [-0.39, 0.29) is 6.04 Å². The second-order valence-corrected chi connectivity index (χ2v) is 8.09. The molecule has 1 aliphatic rings. The molecule has 1 heterocycles. The Morgan fingerprint density at radius 1 is 0.771 bits per heavy atom. The Labute approximate surface area is 205 Å². The third-order valence-electron chi connectivity index (χ3n) is 5.85. The highest BCUT2D eigenvalue weighted by atomic mass is 16.5. The molecule has 4 nitrogen and oxygen atoms in total. The largest absolute Gasteiger partial charge is 0.462 e. The van der Waals surface area contributed by atoms with E-state index in [0.29, 0.717) is 29.4 Å². The summed E-state index contributed by atoms with van der Waals surface area (Å²) in [5, 5.41) is 0. The van der Waals surface area contributed by atoms with Gasteiger partial charge < -0.3 is 9.47 Å². The minimum Gasteiger partial charge on any atom is -0.462 e. The Morgan fingerprint density at radius 2 is 1.34 bits per heavy atom. The number of carbonyl (C=O) groups is 1. The summed E-state index contributed by atoms with van der Waals surface area (Å²) in [6.07, 6.45) is 0. The molecule has 0 radical (unpaired) electrons. The lowest BCUT2D eigenvalue weighted by atomic mass is 9.89. The van der Waals surface area contributed by atoms with Gasteiger partial charge in [-0.05, 0) is 30.2 Å². The van der Waals surface area contributed by atoms with Crippen molar-refractivity contribution in [1.29, 1.82) is 0 Å². The van der Waals surface area contributed by atoms with Crippen molar-refractivity contribution in [2.45, 2.75) is 13.0 Å². The van der Waals surface area contributed by atoms with Gasteiger partial charge in [-0.2, -0.15) is 0 Å². The van der Waals surface area contributed by atoms with Gasteiger partial charge in [0.15, 0.2) is 0 Å². The number of nitrogens with zero attached hydrogens (tertiary/aromatic N) is 1. The zero-order chi connectivity index (χ0) is 24.0. The average molecular weight is 460 g/mol. The number of hydrogen-bond donors (Lipinski definition) is 0. The van der Waals surface area contributed by atoms with Crippen molar-refractivity contribution in [3.8, 4) is 0 Å². The van der Waals surface area contributed by atoms with Gasteiger partial charge in [-0.15, -0.1) is 0 Å². The maximum atomic E-state index is 12.8. The third kappa shape index (κ3) is 4.64. The van der Waals surface area contributed by atoms with Crippen LogP contribution in [-0.2, 0) is 9.47 Å². The smallest absolute Gasteiger partial charge is 0.338 e. The topological polar surface area (TPSA) is 47.9 Å². The first-order chi connectivity index (χ1) is 17.3. The molecule has 0 fully saturated rings. The molecule has 0 aliphatic carbocycles. The Balaban J connectivity index is 1.74. The first-order valence-corrected chi connectivity index (χ1v) is 11.7. The molecular weight excluding hydrogens is 434 g/mol. The number of esters is 1. The molecule has 4 aromatic rings. The van der Waals surface area contributed by atoms with Crippen LogP contribution in [0.4, 0.5) is 0 Å². The Hall–Kier alpha value is -4.44. The second kappa shape index (κ2) is 10.2. The minimum atomic E-state index is -0.398. The molecule has 0 saturated heterocycles. The van der Waals surface area contributed by atoms with Crippen LogP contribution in [0.1, 0.15) is 45.6 Å². The molecule has 0 saturated carbocycles. The molecule has 172 valence electrons. The quantitative estimate of drug-likeness (QED) is 0.293. The summed E-state index contributed by atoms with van der Waals surface area (Å²) in [6.45, 7) is 2.09. The van der Waals surface area contributed by atoms with Crippen molar-refractivity contribution in [3.63, 3.8) is 0 Å². The normalized spacial score (nSPS) is 15.2. The fourth-order valence-electron chi connectivity index (χ4n) is 4.25. The molecule has 0 spiro atoms. The van der Waals surface area contributed by atoms with E-state index in [1.54, 1.807) is 13.0 Å². The zero-order valence-electron chi connectivity index (χ0n) is 19.4. The first-order valence-electron chi connectivity index (χ1n) is 11.7. The van der Waals surface area contributed by atoms with E-state index in [9.17, 15) is 4.79 Å². The van der Waals surface area contributed by atoms with Crippen molar-refractivity contribution in [3.05, 3.63) is 143 Å². The van der Waals surface area contributed by atoms with Gasteiger partial charge in [-0.25, -0.2) is 9.79 Å². The number of rotatable bonds is 6. The predicted octanol–water partition coefficient (Wildman–Crippen LogP) is 6.95. The van der Waals surface area contributed by atoms with Crippen LogP contribution in [0.2, 0.25) is 0 Å². The lowest BCUT2D eigenvalue weighted by Crippen LogP contribution is -2.20. The van der Waals surface area contributed by atoms with Gasteiger partial charge >= 0.3 is 5.97 Å². The van der Waals surface area contributed by atoms with Gasteiger partial charge in [0.05, 0.1) is 17.7 Å². The number of carbonyl (C=O) groups excluding carboxylic acids is 1. The lowest BCUT2D eigenvalue weighted by molar-refractivity contribution is 0.0526. The molecule has 0 unspecified atom stereocenters. The summed E-state index contributed by atoms with van der Waals surface area (Å²) in [7, 11) is 0. The van der Waals surface area contributed by atoms with Gasteiger partial charge in [0.1, 0.15) is 11.8 Å². The van der Waals surface area contributed by atoms with Crippen molar-refractivity contribution in [2.24, 2.45) is 4.99 Å².